The minimum Gasteiger partial charge on any atom is -0.412 e. The average molecular weight is 511 g/mol. The first kappa shape index (κ1) is 25.3. The highest BCUT2D eigenvalue weighted by molar-refractivity contribution is 7.91. The van der Waals surface area contributed by atoms with Crippen LogP contribution in [0.25, 0.3) is 16.6 Å². The molecule has 1 atom stereocenters. The molecule has 0 aliphatic carbocycles. The van der Waals surface area contributed by atoms with E-state index in [-0.39, 0.29) is 33.8 Å². The number of imidazole rings is 1. The molecular formula is C19H26N6O7SSi. The quantitative estimate of drug-likeness (QED) is 0.272. The molecule has 2 N–H and O–H groups in total. The minimum atomic E-state index is -3.95. The Labute approximate surface area is 196 Å². The van der Waals surface area contributed by atoms with Crippen molar-refractivity contribution in [1.82, 2.24) is 19.2 Å². The SMILES string of the molecule is C[SiH](C)OC(c1cn(-c2cc3c(=O)n(NS(C)(=O)=O)c(=O)[nH]c3cc2[N+](=O)[O-])cn1)C(C)(C)C. The maximum atomic E-state index is 12.9. The Morgan fingerprint density at radius 3 is 2.44 bits per heavy atom. The molecule has 184 valence electrons. The molecule has 0 fully saturated rings. The lowest BCUT2D eigenvalue weighted by molar-refractivity contribution is -0.384. The zero-order chi connectivity index (χ0) is 25.6. The minimum absolute atomic E-state index is 0.0146. The van der Waals surface area contributed by atoms with E-state index in [2.05, 4.69) is 9.97 Å². The molecule has 0 amide bonds. The van der Waals surface area contributed by atoms with Gasteiger partial charge in [-0.15, -0.1) is 0 Å². The number of H-pyrrole nitrogens is 1. The van der Waals surface area contributed by atoms with Gasteiger partial charge in [0.2, 0.25) is 10.0 Å². The number of nitrogens with one attached hydrogen (secondary N) is 2. The molecule has 3 rings (SSSR count). The third-order valence-electron chi connectivity index (χ3n) is 4.79. The number of nitro groups is 1. The molecule has 0 saturated carbocycles. The fourth-order valence-electron chi connectivity index (χ4n) is 3.44. The molecule has 13 nitrogen and oxygen atoms in total. The molecule has 0 aliphatic heterocycles. The summed E-state index contributed by atoms with van der Waals surface area (Å²) in [4.78, 5) is 44.7. The van der Waals surface area contributed by atoms with Crippen molar-refractivity contribution in [3.05, 3.63) is 61.3 Å². The summed E-state index contributed by atoms with van der Waals surface area (Å²) < 4.78 is 31.0. The summed E-state index contributed by atoms with van der Waals surface area (Å²) in [5, 5.41) is 11.7. The third kappa shape index (κ3) is 5.26. The van der Waals surface area contributed by atoms with Crippen molar-refractivity contribution in [1.29, 1.82) is 0 Å². The second-order valence-electron chi connectivity index (χ2n) is 9.21. The van der Waals surface area contributed by atoms with Crippen molar-refractivity contribution >= 4 is 35.7 Å². The molecule has 0 radical (unpaired) electrons. The zero-order valence-corrected chi connectivity index (χ0v) is 21.5. The van der Waals surface area contributed by atoms with Crippen LogP contribution in [0.2, 0.25) is 13.1 Å². The first-order chi connectivity index (χ1) is 15.6. The number of aromatic amines is 1. The Bertz CT molecular complexity index is 1480. The molecule has 0 bridgehead atoms. The Kier molecular flexibility index (Phi) is 6.56. The van der Waals surface area contributed by atoms with Crippen molar-refractivity contribution in [3.63, 3.8) is 0 Å². The first-order valence-electron chi connectivity index (χ1n) is 10.2. The van der Waals surface area contributed by atoms with Crippen LogP contribution < -0.4 is 16.1 Å². The molecule has 34 heavy (non-hydrogen) atoms. The van der Waals surface area contributed by atoms with Crippen molar-refractivity contribution in [2.75, 3.05) is 11.1 Å². The summed E-state index contributed by atoms with van der Waals surface area (Å²) in [5.41, 5.74) is -2.27. The summed E-state index contributed by atoms with van der Waals surface area (Å²) in [6.45, 7) is 10.1. The molecule has 1 aromatic carbocycles. The van der Waals surface area contributed by atoms with Gasteiger partial charge in [-0.1, -0.05) is 20.8 Å². The van der Waals surface area contributed by atoms with Gasteiger partial charge in [-0.2, -0.15) is 4.68 Å². The van der Waals surface area contributed by atoms with Crippen molar-refractivity contribution in [2.45, 2.75) is 40.0 Å². The Morgan fingerprint density at radius 1 is 1.26 bits per heavy atom. The number of nitro benzene ring substituents is 1. The number of fused-ring (bicyclic) bond motifs is 1. The molecule has 3 aromatic rings. The summed E-state index contributed by atoms with van der Waals surface area (Å²) in [5.74, 6) is 0. The molecule has 15 heteroatoms. The number of nitrogens with zero attached hydrogens (tertiary/aromatic N) is 4. The van der Waals surface area contributed by atoms with Gasteiger partial charge in [0.25, 0.3) is 11.2 Å². The second kappa shape index (κ2) is 8.81. The normalized spacial score (nSPS) is 13.4. The predicted octanol–water partition coefficient (Wildman–Crippen LogP) is 1.37. The predicted molar refractivity (Wildman–Crippen MR) is 129 cm³/mol. The molecule has 1 unspecified atom stereocenters. The number of benzene rings is 1. The van der Waals surface area contributed by atoms with Crippen molar-refractivity contribution in [3.8, 4) is 5.69 Å². The van der Waals surface area contributed by atoms with Crippen molar-refractivity contribution < 1.29 is 17.8 Å². The molecule has 0 aliphatic rings. The van der Waals surface area contributed by atoms with Gasteiger partial charge in [0.15, 0.2) is 9.04 Å². The highest BCUT2D eigenvalue weighted by Crippen LogP contribution is 2.36. The van der Waals surface area contributed by atoms with Gasteiger partial charge in [-0.3, -0.25) is 19.5 Å². The summed E-state index contributed by atoms with van der Waals surface area (Å²) in [7, 11) is -5.39. The van der Waals surface area contributed by atoms with Gasteiger partial charge < -0.3 is 9.41 Å². The lowest BCUT2D eigenvalue weighted by atomic mass is 9.87. The lowest BCUT2D eigenvalue weighted by Crippen LogP contribution is -2.43. The summed E-state index contributed by atoms with van der Waals surface area (Å²) in [6.07, 6.45) is 3.41. The zero-order valence-electron chi connectivity index (χ0n) is 19.5. The number of hydrogen-bond acceptors (Lipinski definition) is 8. The summed E-state index contributed by atoms with van der Waals surface area (Å²) in [6, 6.07) is 2.26. The maximum Gasteiger partial charge on any atom is 0.348 e. The van der Waals surface area contributed by atoms with Gasteiger partial charge >= 0.3 is 5.69 Å². The van der Waals surface area contributed by atoms with Crippen LogP contribution in [0.1, 0.15) is 32.6 Å². The van der Waals surface area contributed by atoms with Crippen LogP contribution in [0.15, 0.2) is 34.2 Å². The molecule has 2 aromatic heterocycles. The monoisotopic (exact) mass is 510 g/mol. The highest BCUT2D eigenvalue weighted by Gasteiger charge is 2.30. The van der Waals surface area contributed by atoms with Gasteiger partial charge in [0, 0.05) is 12.3 Å². The number of aromatic nitrogens is 4. The number of rotatable bonds is 7. The first-order valence-corrected chi connectivity index (χ1v) is 14.9. The molecule has 2 heterocycles. The fraction of sp³-hybridized carbons (Fsp3) is 0.421. The van der Waals surface area contributed by atoms with E-state index in [4.69, 9.17) is 4.43 Å². The Balaban J connectivity index is 2.25. The Morgan fingerprint density at radius 2 is 1.91 bits per heavy atom. The van der Waals surface area contributed by atoms with Crippen molar-refractivity contribution in [2.24, 2.45) is 5.41 Å². The van der Waals surface area contributed by atoms with E-state index in [9.17, 15) is 28.1 Å². The van der Waals surface area contributed by atoms with E-state index >= 15 is 0 Å². The molecule has 0 saturated heterocycles. The molecule has 0 spiro atoms. The average Bonchev–Trinajstić information content (AvgIpc) is 3.16. The van der Waals surface area contributed by atoms with E-state index < -0.39 is 35.2 Å². The Hall–Kier alpha value is -3.30. The van der Waals surface area contributed by atoms with E-state index in [1.807, 2.05) is 38.7 Å². The van der Waals surface area contributed by atoms with Gasteiger partial charge in [0.1, 0.15) is 5.69 Å². The smallest absolute Gasteiger partial charge is 0.348 e. The van der Waals surface area contributed by atoms with Crippen LogP contribution in [0.4, 0.5) is 5.69 Å². The van der Waals surface area contributed by atoms with E-state index in [0.29, 0.717) is 10.4 Å². The summed E-state index contributed by atoms with van der Waals surface area (Å²) >= 11 is 0. The third-order valence-corrected chi connectivity index (χ3v) is 6.12. The van der Waals surface area contributed by atoms with Crippen LogP contribution in [-0.4, -0.2) is 47.8 Å². The van der Waals surface area contributed by atoms with E-state index in [1.165, 1.54) is 17.0 Å². The highest BCUT2D eigenvalue weighted by atomic mass is 32.2. The topological polar surface area (TPSA) is 171 Å². The van der Waals surface area contributed by atoms with Gasteiger partial charge in [-0.25, -0.2) is 23.0 Å². The van der Waals surface area contributed by atoms with E-state index in [0.717, 1.165) is 12.3 Å². The van der Waals surface area contributed by atoms with Crippen LogP contribution in [0, 0.1) is 15.5 Å². The second-order valence-corrected chi connectivity index (χ2v) is 13.3. The standard InChI is InChI=1S/C19H26N6O7SSi/c1-19(2,3)16(32-34(5)6)13-9-23(10-20-13)14-7-11-12(8-15(14)25(28)29)21-18(27)24(17(11)26)22-33(4,30)31/h7-10,16,22,34H,1-6H3,(H,21,27). The van der Waals surface area contributed by atoms with Crippen LogP contribution in [-0.2, 0) is 14.4 Å². The van der Waals surface area contributed by atoms with Crippen LogP contribution >= 0.6 is 0 Å². The van der Waals surface area contributed by atoms with Crippen LogP contribution in [0.3, 0.4) is 0 Å². The lowest BCUT2D eigenvalue weighted by Gasteiger charge is -2.31. The van der Waals surface area contributed by atoms with Gasteiger partial charge in [-0.05, 0) is 24.6 Å². The fourth-order valence-corrected chi connectivity index (χ4v) is 5.03. The molecular weight excluding hydrogens is 484 g/mol. The van der Waals surface area contributed by atoms with Gasteiger partial charge in [0.05, 0.1) is 40.2 Å². The van der Waals surface area contributed by atoms with E-state index in [1.54, 1.807) is 6.20 Å². The largest absolute Gasteiger partial charge is 0.412 e. The van der Waals surface area contributed by atoms with Crippen LogP contribution in [0.5, 0.6) is 0 Å². The number of sulfonamides is 1. The maximum absolute atomic E-state index is 12.9. The number of hydrogen-bond donors (Lipinski definition) is 2.